The van der Waals surface area contributed by atoms with Gasteiger partial charge in [-0.3, -0.25) is 0 Å². The highest BCUT2D eigenvalue weighted by atomic mass is 79.9. The average molecular weight is 278 g/mol. The monoisotopic (exact) mass is 276 g/mol. The Balaban J connectivity index is 2.90. The number of benzene rings is 1. The molecule has 0 aromatic heterocycles. The van der Waals surface area contributed by atoms with Crippen molar-refractivity contribution in [3.8, 4) is 0 Å². The quantitative estimate of drug-likeness (QED) is 0.724. The summed E-state index contributed by atoms with van der Waals surface area (Å²) in [5.74, 6) is 0. The molecule has 11 heavy (non-hydrogen) atoms. The van der Waals surface area contributed by atoms with E-state index in [1.807, 2.05) is 0 Å². The molecule has 0 radical (unpaired) electrons. The van der Waals surface area contributed by atoms with Gasteiger partial charge in [0.05, 0.1) is 0 Å². The van der Waals surface area contributed by atoms with Crippen LogP contribution in [0.15, 0.2) is 22.7 Å². The maximum atomic E-state index is 3.44. The topological polar surface area (TPSA) is 0 Å². The number of hydrogen-bond acceptors (Lipinski definition) is 0. The highest BCUT2D eigenvalue weighted by Gasteiger charge is 1.96. The Labute approximate surface area is 84.3 Å². The van der Waals surface area contributed by atoms with Crippen molar-refractivity contribution in [3.63, 3.8) is 0 Å². The van der Waals surface area contributed by atoms with Crippen LogP contribution in [-0.4, -0.2) is 5.33 Å². The molecule has 0 atom stereocenters. The molecule has 0 fully saturated rings. The lowest BCUT2D eigenvalue weighted by atomic mass is 10.1. The summed E-state index contributed by atoms with van der Waals surface area (Å²) in [4.78, 5) is 0. The molecule has 0 spiro atoms. The summed E-state index contributed by atoms with van der Waals surface area (Å²) in [7, 11) is 0. The van der Waals surface area contributed by atoms with E-state index in [1.165, 1.54) is 11.1 Å². The number of alkyl halides is 1. The molecular weight excluding hydrogens is 268 g/mol. The fraction of sp³-hybridized carbons (Fsp3) is 0.333. The first-order valence-electron chi connectivity index (χ1n) is 3.55. The minimum absolute atomic E-state index is 1.04. The van der Waals surface area contributed by atoms with E-state index in [-0.39, 0.29) is 0 Å². The van der Waals surface area contributed by atoms with Gasteiger partial charge in [-0.15, -0.1) is 0 Å². The number of aryl methyl sites for hydroxylation is 2. The fourth-order valence-electron chi connectivity index (χ4n) is 1.04. The van der Waals surface area contributed by atoms with E-state index in [0.717, 1.165) is 16.2 Å². The number of hydrogen-bond donors (Lipinski definition) is 0. The zero-order chi connectivity index (χ0) is 8.27. The first-order chi connectivity index (χ1) is 5.24. The highest BCUT2D eigenvalue weighted by Crippen LogP contribution is 2.16. The van der Waals surface area contributed by atoms with Crippen LogP contribution in [0.25, 0.3) is 0 Å². The minimum atomic E-state index is 1.04. The van der Waals surface area contributed by atoms with Gasteiger partial charge >= 0.3 is 0 Å². The van der Waals surface area contributed by atoms with Crippen molar-refractivity contribution in [1.29, 1.82) is 0 Å². The Morgan fingerprint density at radius 3 is 2.64 bits per heavy atom. The number of halogens is 2. The van der Waals surface area contributed by atoms with Gasteiger partial charge in [-0.05, 0) is 36.6 Å². The molecule has 0 heterocycles. The van der Waals surface area contributed by atoms with Crippen LogP contribution in [0.2, 0.25) is 0 Å². The Kier molecular flexibility index (Phi) is 3.60. The van der Waals surface area contributed by atoms with Crippen LogP contribution in [-0.2, 0) is 6.42 Å². The third-order valence-electron chi connectivity index (χ3n) is 1.67. The van der Waals surface area contributed by atoms with E-state index in [4.69, 9.17) is 0 Å². The smallest absolute Gasteiger partial charge is 0.0178 e. The second-order valence-electron chi connectivity index (χ2n) is 2.51. The molecule has 0 saturated carbocycles. The molecule has 0 nitrogen and oxygen atoms in total. The summed E-state index contributed by atoms with van der Waals surface area (Å²) >= 11 is 6.86. The Morgan fingerprint density at radius 2 is 2.09 bits per heavy atom. The van der Waals surface area contributed by atoms with Gasteiger partial charge in [0.15, 0.2) is 0 Å². The molecule has 0 N–H and O–H groups in total. The average Bonchev–Trinajstić information content (AvgIpc) is 1.95. The first kappa shape index (κ1) is 9.27. The van der Waals surface area contributed by atoms with Crippen molar-refractivity contribution in [2.45, 2.75) is 13.3 Å². The predicted octanol–water partition coefficient (Wildman–Crippen LogP) is 3.69. The Morgan fingerprint density at radius 1 is 1.36 bits per heavy atom. The third-order valence-corrected chi connectivity index (χ3v) is 2.56. The zero-order valence-corrected chi connectivity index (χ0v) is 9.57. The van der Waals surface area contributed by atoms with Crippen LogP contribution >= 0.6 is 31.9 Å². The first-order valence-corrected chi connectivity index (χ1v) is 5.46. The van der Waals surface area contributed by atoms with E-state index < -0.39 is 0 Å². The van der Waals surface area contributed by atoms with E-state index in [2.05, 4.69) is 57.0 Å². The van der Waals surface area contributed by atoms with E-state index in [9.17, 15) is 0 Å². The van der Waals surface area contributed by atoms with E-state index in [1.54, 1.807) is 0 Å². The van der Waals surface area contributed by atoms with Gasteiger partial charge in [0.25, 0.3) is 0 Å². The van der Waals surface area contributed by atoms with Crippen LogP contribution in [0.4, 0.5) is 0 Å². The zero-order valence-electron chi connectivity index (χ0n) is 6.40. The highest BCUT2D eigenvalue weighted by molar-refractivity contribution is 9.10. The molecule has 0 bridgehead atoms. The molecule has 1 aromatic rings. The largest absolute Gasteiger partial charge is 0.0924 e. The van der Waals surface area contributed by atoms with Crippen LogP contribution < -0.4 is 0 Å². The van der Waals surface area contributed by atoms with Crippen molar-refractivity contribution in [2.24, 2.45) is 0 Å². The molecule has 2 heteroatoms. The van der Waals surface area contributed by atoms with Crippen molar-refractivity contribution in [2.75, 3.05) is 5.33 Å². The lowest BCUT2D eigenvalue weighted by molar-refractivity contribution is 1.13. The minimum Gasteiger partial charge on any atom is -0.0924 e. The second kappa shape index (κ2) is 4.27. The summed E-state index contributed by atoms with van der Waals surface area (Å²) in [6, 6.07) is 6.41. The van der Waals surface area contributed by atoms with Gasteiger partial charge in [0.1, 0.15) is 0 Å². The van der Waals surface area contributed by atoms with Crippen LogP contribution in [0.3, 0.4) is 0 Å². The van der Waals surface area contributed by atoms with Crippen LogP contribution in [0.5, 0.6) is 0 Å². The molecule has 0 unspecified atom stereocenters. The molecular formula is C9H10Br2. The predicted molar refractivity (Wildman–Crippen MR) is 56.4 cm³/mol. The molecule has 0 saturated heterocycles. The molecule has 60 valence electrons. The van der Waals surface area contributed by atoms with Gasteiger partial charge < -0.3 is 0 Å². The van der Waals surface area contributed by atoms with Crippen LogP contribution in [0, 0.1) is 6.92 Å². The second-order valence-corrected chi connectivity index (χ2v) is 4.22. The van der Waals surface area contributed by atoms with Crippen molar-refractivity contribution in [1.82, 2.24) is 0 Å². The molecule has 1 aromatic carbocycles. The van der Waals surface area contributed by atoms with Gasteiger partial charge in [-0.2, -0.15) is 0 Å². The van der Waals surface area contributed by atoms with Gasteiger partial charge in [-0.1, -0.05) is 37.9 Å². The maximum Gasteiger partial charge on any atom is 0.0178 e. The molecule has 0 amide bonds. The van der Waals surface area contributed by atoms with E-state index in [0.29, 0.717) is 0 Å². The summed E-state index contributed by atoms with van der Waals surface area (Å²) in [5, 5.41) is 1.04. The molecule has 1 rings (SSSR count). The van der Waals surface area contributed by atoms with Crippen molar-refractivity contribution in [3.05, 3.63) is 33.8 Å². The van der Waals surface area contributed by atoms with Gasteiger partial charge in [-0.25, -0.2) is 0 Å². The lowest BCUT2D eigenvalue weighted by Gasteiger charge is -2.02. The summed E-state index contributed by atoms with van der Waals surface area (Å²) < 4.78 is 1.16. The Hall–Kier alpha value is 0.180. The van der Waals surface area contributed by atoms with E-state index >= 15 is 0 Å². The maximum absolute atomic E-state index is 3.44. The summed E-state index contributed by atoms with van der Waals surface area (Å²) in [6.07, 6.45) is 1.11. The van der Waals surface area contributed by atoms with Crippen molar-refractivity contribution < 1.29 is 0 Å². The standard InChI is InChI=1S/C9H10Br2/c1-7-6-9(11)3-2-8(7)4-5-10/h2-3,6H,4-5H2,1H3. The molecule has 0 aliphatic carbocycles. The van der Waals surface area contributed by atoms with Gasteiger partial charge in [0, 0.05) is 9.80 Å². The van der Waals surface area contributed by atoms with Crippen molar-refractivity contribution >= 4 is 31.9 Å². The summed E-state index contributed by atoms with van der Waals surface area (Å²) in [6.45, 7) is 2.14. The number of rotatable bonds is 2. The summed E-state index contributed by atoms with van der Waals surface area (Å²) in [5.41, 5.74) is 2.78. The third kappa shape index (κ3) is 2.60. The van der Waals surface area contributed by atoms with Gasteiger partial charge in [0.2, 0.25) is 0 Å². The van der Waals surface area contributed by atoms with Crippen LogP contribution in [0.1, 0.15) is 11.1 Å². The fourth-order valence-corrected chi connectivity index (χ4v) is 1.94. The molecule has 0 aliphatic heterocycles. The lowest BCUT2D eigenvalue weighted by Crippen LogP contribution is -1.89. The SMILES string of the molecule is Cc1cc(Br)ccc1CCBr. The Bertz CT molecular complexity index is 243. The molecule has 0 aliphatic rings. The normalized spacial score (nSPS) is 10.1.